The summed E-state index contributed by atoms with van der Waals surface area (Å²) in [6.07, 6.45) is -3.21. The summed E-state index contributed by atoms with van der Waals surface area (Å²) in [6, 6.07) is 2.93. The molecule has 0 radical (unpaired) electrons. The molecule has 0 unspecified atom stereocenters. The number of carbonyl (C=O) groups is 2. The topological polar surface area (TPSA) is 52.7 Å². The molecule has 2 heterocycles. The van der Waals surface area contributed by atoms with E-state index in [1.54, 1.807) is 0 Å². The summed E-state index contributed by atoms with van der Waals surface area (Å²) >= 11 is 0. The standard InChI is InChI=1S/C15H14F3N3O2/c1-9-4-3-7-20-12(9)13(22)21(19-14(20)23)11-6-2-5-10(8-11)15(16,17)18/h2,5-6,8,12H,1,3-4,7H2,(H,19,23)/t12-/m1/s1. The minimum absolute atomic E-state index is 0.0313. The average Bonchev–Trinajstić information content (AvgIpc) is 2.50. The van der Waals surface area contributed by atoms with Crippen LogP contribution >= 0.6 is 0 Å². The molecule has 1 aromatic carbocycles. The van der Waals surface area contributed by atoms with Gasteiger partial charge >= 0.3 is 12.2 Å². The van der Waals surface area contributed by atoms with Gasteiger partial charge in [0.2, 0.25) is 0 Å². The molecular formula is C15H14F3N3O2. The Morgan fingerprint density at radius 1 is 1.26 bits per heavy atom. The van der Waals surface area contributed by atoms with Gasteiger partial charge in [0.1, 0.15) is 6.04 Å². The van der Waals surface area contributed by atoms with Crippen LogP contribution in [0.4, 0.5) is 23.7 Å². The highest BCUT2D eigenvalue weighted by Crippen LogP contribution is 2.33. The van der Waals surface area contributed by atoms with Crippen molar-refractivity contribution in [1.82, 2.24) is 10.3 Å². The van der Waals surface area contributed by atoms with E-state index >= 15 is 0 Å². The van der Waals surface area contributed by atoms with Crippen LogP contribution in [-0.4, -0.2) is 29.4 Å². The molecule has 2 aliphatic rings. The zero-order valence-corrected chi connectivity index (χ0v) is 12.1. The van der Waals surface area contributed by atoms with Crippen LogP contribution in [0.2, 0.25) is 0 Å². The monoisotopic (exact) mass is 325 g/mol. The number of nitrogens with zero attached hydrogens (tertiary/aromatic N) is 2. The molecule has 1 N–H and O–H groups in total. The summed E-state index contributed by atoms with van der Waals surface area (Å²) in [6.45, 7) is 4.23. The van der Waals surface area contributed by atoms with Gasteiger partial charge < -0.3 is 4.90 Å². The van der Waals surface area contributed by atoms with Gasteiger partial charge in [-0.25, -0.2) is 15.2 Å². The molecule has 5 nitrogen and oxygen atoms in total. The maximum atomic E-state index is 12.8. The van der Waals surface area contributed by atoms with Crippen LogP contribution in [-0.2, 0) is 11.0 Å². The number of anilines is 1. The van der Waals surface area contributed by atoms with Gasteiger partial charge in [0, 0.05) is 6.54 Å². The second-order valence-electron chi connectivity index (χ2n) is 5.50. The van der Waals surface area contributed by atoms with E-state index in [2.05, 4.69) is 12.0 Å². The van der Waals surface area contributed by atoms with Gasteiger partial charge in [-0.15, -0.1) is 0 Å². The molecule has 122 valence electrons. The summed E-state index contributed by atoms with van der Waals surface area (Å²) in [5.74, 6) is -0.506. The van der Waals surface area contributed by atoms with E-state index in [9.17, 15) is 22.8 Å². The molecule has 3 amide bonds. The summed E-state index contributed by atoms with van der Waals surface area (Å²) in [4.78, 5) is 26.1. The molecule has 3 rings (SSSR count). The van der Waals surface area contributed by atoms with Crippen LogP contribution in [0.25, 0.3) is 0 Å². The lowest BCUT2D eigenvalue weighted by molar-refractivity contribution is -0.137. The highest BCUT2D eigenvalue weighted by Gasteiger charge is 2.43. The number of rotatable bonds is 1. The lowest BCUT2D eigenvalue weighted by Gasteiger charge is -2.43. The molecule has 1 atom stereocenters. The first-order valence-corrected chi connectivity index (χ1v) is 7.05. The third kappa shape index (κ3) is 2.64. The Bertz CT molecular complexity index is 687. The third-order valence-corrected chi connectivity index (χ3v) is 3.95. The van der Waals surface area contributed by atoms with E-state index in [-0.39, 0.29) is 5.69 Å². The van der Waals surface area contributed by atoms with Crippen molar-refractivity contribution in [2.45, 2.75) is 25.1 Å². The highest BCUT2D eigenvalue weighted by molar-refractivity contribution is 6.05. The van der Waals surface area contributed by atoms with Gasteiger partial charge in [0.25, 0.3) is 5.91 Å². The smallest absolute Gasteiger partial charge is 0.307 e. The van der Waals surface area contributed by atoms with Gasteiger partial charge in [-0.05, 0) is 36.6 Å². The van der Waals surface area contributed by atoms with Crippen LogP contribution in [0.15, 0.2) is 36.4 Å². The molecule has 0 spiro atoms. The van der Waals surface area contributed by atoms with E-state index in [4.69, 9.17) is 0 Å². The lowest BCUT2D eigenvalue weighted by atomic mass is 9.95. The lowest BCUT2D eigenvalue weighted by Crippen LogP contribution is -2.67. The molecule has 2 aliphatic heterocycles. The molecule has 8 heteroatoms. The SMILES string of the molecule is C=C1CCCN2C(=O)NN(c3cccc(C(F)(F)F)c3)C(=O)[C@@H]12. The fourth-order valence-corrected chi connectivity index (χ4v) is 2.84. The first-order valence-electron chi connectivity index (χ1n) is 7.05. The van der Waals surface area contributed by atoms with Crippen molar-refractivity contribution in [3.8, 4) is 0 Å². The second kappa shape index (κ2) is 5.29. The Balaban J connectivity index is 1.96. The van der Waals surface area contributed by atoms with Gasteiger partial charge in [0.15, 0.2) is 0 Å². The molecule has 23 heavy (non-hydrogen) atoms. The van der Waals surface area contributed by atoms with Crippen molar-refractivity contribution in [2.24, 2.45) is 0 Å². The van der Waals surface area contributed by atoms with E-state index in [1.807, 2.05) is 0 Å². The quantitative estimate of drug-likeness (QED) is 0.807. The van der Waals surface area contributed by atoms with E-state index in [0.717, 1.165) is 17.1 Å². The van der Waals surface area contributed by atoms with Crippen molar-refractivity contribution >= 4 is 17.6 Å². The Kier molecular flexibility index (Phi) is 3.54. The molecule has 0 bridgehead atoms. The Hall–Kier alpha value is -2.51. The number of benzene rings is 1. The van der Waals surface area contributed by atoms with Crippen LogP contribution in [0.5, 0.6) is 0 Å². The molecule has 0 aromatic heterocycles. The normalized spacial score (nSPS) is 22.0. The van der Waals surface area contributed by atoms with Crippen molar-refractivity contribution in [1.29, 1.82) is 0 Å². The van der Waals surface area contributed by atoms with Crippen molar-refractivity contribution in [3.63, 3.8) is 0 Å². The second-order valence-corrected chi connectivity index (χ2v) is 5.50. The number of alkyl halides is 3. The molecule has 2 saturated heterocycles. The molecule has 1 aromatic rings. The predicted molar refractivity (Wildman–Crippen MR) is 76.3 cm³/mol. The van der Waals surface area contributed by atoms with Gasteiger partial charge in [-0.1, -0.05) is 12.6 Å². The zero-order chi connectivity index (χ0) is 16.8. The molecular weight excluding hydrogens is 311 g/mol. The average molecular weight is 325 g/mol. The summed E-state index contributed by atoms with van der Waals surface area (Å²) in [7, 11) is 0. The third-order valence-electron chi connectivity index (χ3n) is 3.95. The first-order chi connectivity index (χ1) is 10.8. The largest absolute Gasteiger partial charge is 0.416 e. The maximum absolute atomic E-state index is 12.8. The van der Waals surface area contributed by atoms with Crippen molar-refractivity contribution in [2.75, 3.05) is 11.6 Å². The number of fused-ring (bicyclic) bond motifs is 1. The number of halogens is 3. The van der Waals surface area contributed by atoms with Gasteiger partial charge in [-0.3, -0.25) is 4.79 Å². The maximum Gasteiger partial charge on any atom is 0.416 e. The number of hydrogen-bond acceptors (Lipinski definition) is 2. The zero-order valence-electron chi connectivity index (χ0n) is 12.1. The number of urea groups is 1. The highest BCUT2D eigenvalue weighted by atomic mass is 19.4. The number of hydrazine groups is 1. The Morgan fingerprint density at radius 3 is 2.70 bits per heavy atom. The van der Waals surface area contributed by atoms with E-state index in [0.29, 0.717) is 25.0 Å². The number of carbonyl (C=O) groups excluding carboxylic acids is 2. The minimum Gasteiger partial charge on any atom is -0.307 e. The fraction of sp³-hybridized carbons (Fsp3) is 0.333. The van der Waals surface area contributed by atoms with Crippen molar-refractivity contribution in [3.05, 3.63) is 42.0 Å². The van der Waals surface area contributed by atoms with E-state index in [1.165, 1.54) is 17.0 Å². The molecule has 0 aliphatic carbocycles. The molecule has 0 saturated carbocycles. The van der Waals surface area contributed by atoms with Crippen molar-refractivity contribution < 1.29 is 22.8 Å². The number of piperidine rings is 1. The number of amides is 3. The number of nitrogens with one attached hydrogen (secondary N) is 1. The van der Waals surface area contributed by atoms with E-state index < -0.39 is 29.7 Å². The summed E-state index contributed by atoms with van der Waals surface area (Å²) < 4.78 is 38.5. The Morgan fingerprint density at radius 2 is 2.00 bits per heavy atom. The number of hydrogen-bond donors (Lipinski definition) is 1. The Labute approximate surface area is 130 Å². The van der Waals surface area contributed by atoms with Crippen LogP contribution in [0.1, 0.15) is 18.4 Å². The van der Waals surface area contributed by atoms with Crippen LogP contribution in [0, 0.1) is 0 Å². The summed E-state index contributed by atoms with van der Waals surface area (Å²) in [5, 5.41) is 0.870. The van der Waals surface area contributed by atoms with Gasteiger partial charge in [-0.2, -0.15) is 13.2 Å². The first kappa shape index (κ1) is 15.4. The van der Waals surface area contributed by atoms with Crippen LogP contribution in [0.3, 0.4) is 0 Å². The predicted octanol–water partition coefficient (Wildman–Crippen LogP) is 2.70. The fourth-order valence-electron chi connectivity index (χ4n) is 2.84. The summed E-state index contributed by atoms with van der Waals surface area (Å²) in [5.41, 5.74) is 2.02. The van der Waals surface area contributed by atoms with Crippen LogP contribution < -0.4 is 10.4 Å². The van der Waals surface area contributed by atoms with Gasteiger partial charge in [0.05, 0.1) is 11.3 Å². The molecule has 2 fully saturated rings. The minimum atomic E-state index is -4.53.